The summed E-state index contributed by atoms with van der Waals surface area (Å²) in [6.07, 6.45) is 1.93. The molecular formula is C11H16N4S2. The van der Waals surface area contributed by atoms with E-state index in [9.17, 15) is 0 Å². The van der Waals surface area contributed by atoms with E-state index >= 15 is 0 Å². The van der Waals surface area contributed by atoms with Crippen molar-refractivity contribution in [2.75, 3.05) is 0 Å². The third-order valence-corrected chi connectivity index (χ3v) is 3.70. The Hall–Kier alpha value is -1.01. The molecule has 0 aliphatic rings. The molecule has 2 aromatic heterocycles. The quantitative estimate of drug-likeness (QED) is 0.836. The fourth-order valence-corrected chi connectivity index (χ4v) is 3.09. The first-order chi connectivity index (χ1) is 8.10. The third-order valence-electron chi connectivity index (χ3n) is 2.38. The average molecular weight is 268 g/mol. The summed E-state index contributed by atoms with van der Waals surface area (Å²) in [4.78, 5) is 10.0. The molecule has 17 heavy (non-hydrogen) atoms. The van der Waals surface area contributed by atoms with Crippen molar-refractivity contribution in [3.05, 3.63) is 15.5 Å². The molecule has 2 N–H and O–H groups in total. The van der Waals surface area contributed by atoms with Gasteiger partial charge in [-0.15, -0.1) is 11.3 Å². The van der Waals surface area contributed by atoms with Gasteiger partial charge >= 0.3 is 0 Å². The van der Waals surface area contributed by atoms with Gasteiger partial charge in [-0.3, -0.25) is 10.2 Å². The highest BCUT2D eigenvalue weighted by Crippen LogP contribution is 2.29. The molecule has 2 aromatic rings. The van der Waals surface area contributed by atoms with Gasteiger partial charge in [0.05, 0.1) is 15.6 Å². The van der Waals surface area contributed by atoms with Crippen LogP contribution in [-0.2, 0) is 12.8 Å². The standard InChI is InChI=1S/C11H16N4S2/c1-4-7-9(10-13-11(16)15-14-10)17-8(12-7)5-6(2)3/h6H,4-5H2,1-3H3,(H2,13,14,15,16). The monoisotopic (exact) mass is 268 g/mol. The summed E-state index contributed by atoms with van der Waals surface area (Å²) in [5, 5.41) is 6.99. The van der Waals surface area contributed by atoms with Crippen molar-refractivity contribution in [3.8, 4) is 10.7 Å². The number of aromatic amines is 2. The molecule has 0 bridgehead atoms. The summed E-state index contributed by atoms with van der Waals surface area (Å²) in [5.41, 5.74) is 1.10. The Morgan fingerprint density at radius 1 is 1.29 bits per heavy atom. The Morgan fingerprint density at radius 2 is 2.06 bits per heavy atom. The molecule has 0 aliphatic heterocycles. The van der Waals surface area contributed by atoms with Crippen LogP contribution in [0.4, 0.5) is 0 Å². The summed E-state index contributed by atoms with van der Waals surface area (Å²) in [5.74, 6) is 1.43. The molecule has 0 aromatic carbocycles. The van der Waals surface area contributed by atoms with E-state index in [0.717, 1.165) is 29.2 Å². The number of nitrogens with one attached hydrogen (secondary N) is 2. The van der Waals surface area contributed by atoms with Crippen LogP contribution in [0.2, 0.25) is 0 Å². The molecule has 0 radical (unpaired) electrons. The SMILES string of the molecule is CCc1nc(CC(C)C)sc1-c1nc(=S)[nH][nH]1. The van der Waals surface area contributed by atoms with E-state index in [4.69, 9.17) is 12.2 Å². The Bertz CT molecular complexity index is 550. The minimum absolute atomic E-state index is 0.487. The van der Waals surface area contributed by atoms with E-state index in [1.54, 1.807) is 11.3 Å². The average Bonchev–Trinajstić information content (AvgIpc) is 2.83. The number of H-pyrrole nitrogens is 2. The molecule has 4 nitrogen and oxygen atoms in total. The first kappa shape index (κ1) is 12.4. The van der Waals surface area contributed by atoms with Gasteiger partial charge < -0.3 is 0 Å². The highest BCUT2D eigenvalue weighted by atomic mass is 32.1. The van der Waals surface area contributed by atoms with Gasteiger partial charge in [0.15, 0.2) is 5.82 Å². The van der Waals surface area contributed by atoms with Gasteiger partial charge in [-0.1, -0.05) is 20.8 Å². The molecule has 0 saturated heterocycles. The van der Waals surface area contributed by atoms with Gasteiger partial charge in [-0.2, -0.15) is 4.98 Å². The molecule has 0 spiro atoms. The molecule has 2 rings (SSSR count). The molecule has 0 aliphatic carbocycles. The molecule has 0 fully saturated rings. The lowest BCUT2D eigenvalue weighted by molar-refractivity contribution is 0.643. The zero-order chi connectivity index (χ0) is 12.4. The van der Waals surface area contributed by atoms with E-state index in [1.807, 2.05) is 0 Å². The van der Waals surface area contributed by atoms with Crippen molar-refractivity contribution in [1.82, 2.24) is 20.2 Å². The van der Waals surface area contributed by atoms with E-state index in [1.165, 1.54) is 5.01 Å². The number of nitrogens with zero attached hydrogens (tertiary/aromatic N) is 2. The topological polar surface area (TPSA) is 57.4 Å². The van der Waals surface area contributed by atoms with E-state index in [-0.39, 0.29) is 0 Å². The van der Waals surface area contributed by atoms with Crippen molar-refractivity contribution in [1.29, 1.82) is 0 Å². The van der Waals surface area contributed by atoms with Crippen molar-refractivity contribution >= 4 is 23.6 Å². The van der Waals surface area contributed by atoms with Gasteiger partial charge in [0, 0.05) is 6.42 Å². The Labute approximate surface area is 110 Å². The summed E-state index contributed by atoms with van der Waals surface area (Å²) >= 11 is 6.68. The lowest BCUT2D eigenvalue weighted by atomic mass is 10.1. The van der Waals surface area contributed by atoms with Crippen LogP contribution < -0.4 is 0 Å². The van der Waals surface area contributed by atoms with Crippen molar-refractivity contribution in [2.24, 2.45) is 5.92 Å². The van der Waals surface area contributed by atoms with Crippen LogP contribution in [0.5, 0.6) is 0 Å². The maximum Gasteiger partial charge on any atom is 0.213 e. The van der Waals surface area contributed by atoms with Crippen LogP contribution in [0.25, 0.3) is 10.7 Å². The fourth-order valence-electron chi connectivity index (χ4n) is 1.64. The molecule has 2 heterocycles. The number of thiazole rings is 1. The number of aromatic nitrogens is 4. The minimum atomic E-state index is 0.487. The third kappa shape index (κ3) is 2.81. The van der Waals surface area contributed by atoms with Crippen molar-refractivity contribution in [2.45, 2.75) is 33.6 Å². The van der Waals surface area contributed by atoms with E-state index in [2.05, 4.69) is 40.9 Å². The van der Waals surface area contributed by atoms with Crippen LogP contribution in [0.15, 0.2) is 0 Å². The maximum atomic E-state index is 4.98. The normalized spacial score (nSPS) is 11.3. The van der Waals surface area contributed by atoms with Crippen LogP contribution >= 0.6 is 23.6 Å². The number of rotatable bonds is 4. The fraction of sp³-hybridized carbons (Fsp3) is 0.545. The summed E-state index contributed by atoms with van der Waals surface area (Å²) in [6, 6.07) is 0. The predicted molar refractivity (Wildman–Crippen MR) is 72.8 cm³/mol. The van der Waals surface area contributed by atoms with Gasteiger partial charge in [-0.25, -0.2) is 4.98 Å². The number of hydrogen-bond donors (Lipinski definition) is 2. The highest BCUT2D eigenvalue weighted by molar-refractivity contribution is 7.71. The van der Waals surface area contributed by atoms with Crippen LogP contribution in [0.3, 0.4) is 0 Å². The Kier molecular flexibility index (Phi) is 3.73. The minimum Gasteiger partial charge on any atom is -0.281 e. The van der Waals surface area contributed by atoms with E-state index in [0.29, 0.717) is 10.7 Å². The first-order valence-electron chi connectivity index (χ1n) is 5.73. The largest absolute Gasteiger partial charge is 0.281 e. The van der Waals surface area contributed by atoms with Crippen molar-refractivity contribution in [3.63, 3.8) is 0 Å². The molecule has 92 valence electrons. The zero-order valence-electron chi connectivity index (χ0n) is 10.2. The molecule has 0 amide bonds. The highest BCUT2D eigenvalue weighted by Gasteiger charge is 2.14. The Morgan fingerprint density at radius 3 is 2.59 bits per heavy atom. The first-order valence-corrected chi connectivity index (χ1v) is 6.96. The van der Waals surface area contributed by atoms with Gasteiger partial charge in [0.1, 0.15) is 0 Å². The second kappa shape index (κ2) is 5.10. The smallest absolute Gasteiger partial charge is 0.213 e. The molecule has 0 atom stereocenters. The summed E-state index contributed by atoms with van der Waals surface area (Å²) < 4.78 is 0.487. The summed E-state index contributed by atoms with van der Waals surface area (Å²) in [6.45, 7) is 6.52. The lowest BCUT2D eigenvalue weighted by Gasteiger charge is -1.98. The van der Waals surface area contributed by atoms with Gasteiger partial charge in [0.2, 0.25) is 4.77 Å². The Balaban J connectivity index is 2.39. The van der Waals surface area contributed by atoms with Crippen LogP contribution in [0, 0.1) is 10.7 Å². The second-order valence-corrected chi connectivity index (χ2v) is 5.82. The lowest BCUT2D eigenvalue weighted by Crippen LogP contribution is -1.93. The molecule has 0 saturated carbocycles. The van der Waals surface area contributed by atoms with E-state index < -0.39 is 0 Å². The maximum absolute atomic E-state index is 4.98. The van der Waals surface area contributed by atoms with Crippen LogP contribution in [-0.4, -0.2) is 20.2 Å². The predicted octanol–water partition coefficient (Wildman–Crippen LogP) is 3.35. The molecular weight excluding hydrogens is 252 g/mol. The molecule has 0 unspecified atom stereocenters. The molecule has 6 heteroatoms. The van der Waals surface area contributed by atoms with Crippen LogP contribution in [0.1, 0.15) is 31.5 Å². The number of aryl methyl sites for hydroxylation is 1. The van der Waals surface area contributed by atoms with Gasteiger partial charge in [0.25, 0.3) is 0 Å². The van der Waals surface area contributed by atoms with Crippen molar-refractivity contribution < 1.29 is 0 Å². The van der Waals surface area contributed by atoms with Gasteiger partial charge in [-0.05, 0) is 24.6 Å². The summed E-state index contributed by atoms with van der Waals surface area (Å²) in [7, 11) is 0. The number of hydrogen-bond acceptors (Lipinski definition) is 4. The second-order valence-electron chi connectivity index (χ2n) is 4.35. The zero-order valence-corrected chi connectivity index (χ0v) is 11.8.